The quantitative estimate of drug-likeness (QED) is 0.322. The van der Waals surface area contributed by atoms with Gasteiger partial charge in [-0.3, -0.25) is 9.36 Å². The molecule has 0 saturated heterocycles. The highest BCUT2D eigenvalue weighted by Gasteiger charge is 2.24. The molecule has 150 valence electrons. The maximum Gasteiger partial charge on any atom is 0.346 e. The molecule has 3 aromatic rings. The van der Waals surface area contributed by atoms with Crippen molar-refractivity contribution >= 4 is 29.5 Å². The zero-order chi connectivity index (χ0) is 21.0. The lowest BCUT2D eigenvalue weighted by molar-refractivity contribution is 0.0518. The number of hydrogen-bond acceptors (Lipinski definition) is 6. The van der Waals surface area contributed by atoms with E-state index < -0.39 is 17.3 Å². The van der Waals surface area contributed by atoms with E-state index in [9.17, 15) is 14.0 Å². The summed E-state index contributed by atoms with van der Waals surface area (Å²) < 4.78 is 19.8. The van der Waals surface area contributed by atoms with Gasteiger partial charge in [-0.05, 0) is 55.8 Å². The van der Waals surface area contributed by atoms with Crippen LogP contribution in [0.5, 0.6) is 0 Å². The Bertz CT molecular complexity index is 1080. The average molecular weight is 431 g/mol. The van der Waals surface area contributed by atoms with Gasteiger partial charge in [-0.25, -0.2) is 14.2 Å². The Morgan fingerprint density at radius 3 is 2.28 bits per heavy atom. The molecule has 0 spiro atoms. The molecule has 1 heterocycles. The highest BCUT2D eigenvalue weighted by Crippen LogP contribution is 2.27. The van der Waals surface area contributed by atoms with Crippen LogP contribution in [0, 0.1) is 5.82 Å². The van der Waals surface area contributed by atoms with Crippen molar-refractivity contribution in [1.29, 1.82) is 0 Å². The lowest BCUT2D eigenvalue weighted by Crippen LogP contribution is -2.30. The van der Waals surface area contributed by atoms with Crippen LogP contribution < -0.4 is 5.56 Å². The summed E-state index contributed by atoms with van der Waals surface area (Å²) in [6, 6.07) is 13.1. The van der Waals surface area contributed by atoms with Crippen molar-refractivity contribution in [2.75, 3.05) is 19.1 Å². The standard InChI is InChI=1S/C21H19FN2O3S2/c1-4-27-21(26)17-19(29-3)23-18(13-5-11-16(28-2)12-6-13)24(20(17)25)15-9-7-14(22)8-10-15/h5-12H,4H2,1-3H3. The maximum atomic E-state index is 13.5. The number of halogens is 1. The van der Waals surface area contributed by atoms with E-state index in [4.69, 9.17) is 4.74 Å². The van der Waals surface area contributed by atoms with Gasteiger partial charge in [0.25, 0.3) is 5.56 Å². The maximum absolute atomic E-state index is 13.5. The molecule has 0 aliphatic heterocycles. The molecule has 0 saturated carbocycles. The summed E-state index contributed by atoms with van der Waals surface area (Å²) in [4.78, 5) is 31.5. The molecule has 29 heavy (non-hydrogen) atoms. The van der Waals surface area contributed by atoms with Crippen LogP contribution >= 0.6 is 23.5 Å². The molecule has 0 fully saturated rings. The van der Waals surface area contributed by atoms with E-state index in [0.29, 0.717) is 17.1 Å². The summed E-state index contributed by atoms with van der Waals surface area (Å²) >= 11 is 2.80. The number of thioether (sulfide) groups is 2. The summed E-state index contributed by atoms with van der Waals surface area (Å²) in [7, 11) is 0. The molecular formula is C21H19FN2O3S2. The molecule has 0 aliphatic rings. The predicted octanol–water partition coefficient (Wildman–Crippen LogP) is 4.66. The van der Waals surface area contributed by atoms with Crippen molar-refractivity contribution in [3.05, 3.63) is 70.3 Å². The third-order valence-electron chi connectivity index (χ3n) is 4.16. The number of carbonyl (C=O) groups is 1. The second-order valence-electron chi connectivity index (χ2n) is 5.89. The number of rotatable bonds is 6. The van der Waals surface area contributed by atoms with Crippen LogP contribution in [0.25, 0.3) is 17.1 Å². The van der Waals surface area contributed by atoms with Crippen LogP contribution in [0.2, 0.25) is 0 Å². The third-order valence-corrected chi connectivity index (χ3v) is 5.58. The van der Waals surface area contributed by atoms with Crippen LogP contribution in [0.1, 0.15) is 17.3 Å². The summed E-state index contributed by atoms with van der Waals surface area (Å²) in [6.07, 6.45) is 3.72. The fourth-order valence-electron chi connectivity index (χ4n) is 2.79. The molecular weight excluding hydrogens is 411 g/mol. The van der Waals surface area contributed by atoms with Gasteiger partial charge in [-0.15, -0.1) is 23.5 Å². The van der Waals surface area contributed by atoms with Crippen molar-refractivity contribution in [3.8, 4) is 17.1 Å². The molecule has 3 rings (SSSR count). The number of hydrogen-bond donors (Lipinski definition) is 0. The van der Waals surface area contributed by atoms with Gasteiger partial charge in [-0.2, -0.15) is 0 Å². The average Bonchev–Trinajstić information content (AvgIpc) is 2.74. The minimum atomic E-state index is -0.727. The number of benzene rings is 2. The van der Waals surface area contributed by atoms with Crippen LogP contribution in [0.3, 0.4) is 0 Å². The molecule has 2 aromatic carbocycles. The monoisotopic (exact) mass is 430 g/mol. The normalized spacial score (nSPS) is 10.8. The number of carbonyl (C=O) groups excluding carboxylic acids is 1. The molecule has 0 amide bonds. The summed E-state index contributed by atoms with van der Waals surface area (Å²) in [5.41, 5.74) is 0.424. The molecule has 0 radical (unpaired) electrons. The van der Waals surface area contributed by atoms with Gasteiger partial charge < -0.3 is 4.74 Å². The first-order valence-electron chi connectivity index (χ1n) is 8.78. The minimum Gasteiger partial charge on any atom is -0.462 e. The fourth-order valence-corrected chi connectivity index (χ4v) is 3.75. The molecule has 5 nitrogen and oxygen atoms in total. The SMILES string of the molecule is CCOC(=O)c1c(SC)nc(-c2ccc(SC)cc2)n(-c2ccc(F)cc2)c1=O. The number of nitrogens with zero attached hydrogens (tertiary/aromatic N) is 2. The van der Waals surface area contributed by atoms with Gasteiger partial charge in [0.2, 0.25) is 0 Å². The Balaban J connectivity index is 2.33. The van der Waals surface area contributed by atoms with E-state index in [2.05, 4.69) is 4.98 Å². The molecule has 0 N–H and O–H groups in total. The van der Waals surface area contributed by atoms with Crippen LogP contribution in [-0.4, -0.2) is 34.6 Å². The van der Waals surface area contributed by atoms with E-state index in [0.717, 1.165) is 4.90 Å². The van der Waals surface area contributed by atoms with Gasteiger partial charge in [0.1, 0.15) is 16.7 Å². The van der Waals surface area contributed by atoms with Gasteiger partial charge in [-0.1, -0.05) is 12.1 Å². The first-order valence-corrected chi connectivity index (χ1v) is 11.2. The van der Waals surface area contributed by atoms with Crippen LogP contribution in [0.15, 0.2) is 63.2 Å². The van der Waals surface area contributed by atoms with Crippen LogP contribution in [0.4, 0.5) is 4.39 Å². The van der Waals surface area contributed by atoms with Crippen LogP contribution in [-0.2, 0) is 4.74 Å². The summed E-state index contributed by atoms with van der Waals surface area (Å²) in [6.45, 7) is 1.81. The molecule has 0 bridgehead atoms. The van der Waals surface area contributed by atoms with Crippen molar-refractivity contribution < 1.29 is 13.9 Å². The zero-order valence-corrected chi connectivity index (χ0v) is 17.8. The Labute approximate surface area is 176 Å². The van der Waals surface area contributed by atoms with E-state index in [1.54, 1.807) is 24.9 Å². The second-order valence-corrected chi connectivity index (χ2v) is 7.56. The first kappa shape index (κ1) is 21.1. The molecule has 8 heteroatoms. The number of esters is 1. The third kappa shape index (κ3) is 4.38. The van der Waals surface area contributed by atoms with Gasteiger partial charge in [0.05, 0.1) is 12.3 Å². The molecule has 1 aromatic heterocycles. The molecule has 0 atom stereocenters. The predicted molar refractivity (Wildman–Crippen MR) is 115 cm³/mol. The fraction of sp³-hybridized carbons (Fsp3) is 0.190. The summed E-state index contributed by atoms with van der Waals surface area (Å²) in [5.74, 6) is -0.784. The lowest BCUT2D eigenvalue weighted by Gasteiger charge is -2.16. The lowest BCUT2D eigenvalue weighted by atomic mass is 10.2. The van der Waals surface area contributed by atoms with Crippen molar-refractivity contribution in [2.45, 2.75) is 16.8 Å². The Kier molecular flexibility index (Phi) is 6.76. The van der Waals surface area contributed by atoms with E-state index in [1.165, 1.54) is 40.6 Å². The highest BCUT2D eigenvalue weighted by atomic mass is 32.2. The van der Waals surface area contributed by atoms with Crippen molar-refractivity contribution in [1.82, 2.24) is 9.55 Å². The Morgan fingerprint density at radius 2 is 1.72 bits per heavy atom. The van der Waals surface area contributed by atoms with Crippen molar-refractivity contribution in [3.63, 3.8) is 0 Å². The topological polar surface area (TPSA) is 61.2 Å². The Morgan fingerprint density at radius 1 is 1.07 bits per heavy atom. The molecule has 0 aliphatic carbocycles. The van der Waals surface area contributed by atoms with Gasteiger partial charge in [0, 0.05) is 10.5 Å². The smallest absolute Gasteiger partial charge is 0.346 e. The second kappa shape index (κ2) is 9.28. The highest BCUT2D eigenvalue weighted by molar-refractivity contribution is 7.98. The van der Waals surface area contributed by atoms with E-state index >= 15 is 0 Å². The van der Waals surface area contributed by atoms with Gasteiger partial charge in [0.15, 0.2) is 5.56 Å². The Hall–Kier alpha value is -2.58. The van der Waals surface area contributed by atoms with Crippen molar-refractivity contribution in [2.24, 2.45) is 0 Å². The number of aromatic nitrogens is 2. The minimum absolute atomic E-state index is 0.131. The van der Waals surface area contributed by atoms with E-state index in [-0.39, 0.29) is 17.2 Å². The van der Waals surface area contributed by atoms with Gasteiger partial charge >= 0.3 is 5.97 Å². The number of ether oxygens (including phenoxy) is 1. The largest absolute Gasteiger partial charge is 0.462 e. The zero-order valence-electron chi connectivity index (χ0n) is 16.1. The molecule has 0 unspecified atom stereocenters. The van der Waals surface area contributed by atoms with E-state index in [1.807, 2.05) is 30.5 Å². The first-order chi connectivity index (χ1) is 14.0. The summed E-state index contributed by atoms with van der Waals surface area (Å²) in [5, 5.41) is 0.288.